The molecule has 3 N–H and O–H groups in total. The summed E-state index contributed by atoms with van der Waals surface area (Å²) in [6, 6.07) is 15.7. The highest BCUT2D eigenvalue weighted by atomic mass is 16.4. The maximum atomic E-state index is 11.8. The maximum absolute atomic E-state index is 11.8. The summed E-state index contributed by atoms with van der Waals surface area (Å²) < 4.78 is 0. The maximum Gasteiger partial charge on any atom is 0.337 e. The molecule has 1 saturated heterocycles. The lowest BCUT2D eigenvalue weighted by Crippen LogP contribution is -2.27. The first-order valence-electron chi connectivity index (χ1n) is 9.57. The topological polar surface area (TPSA) is 78.0 Å². The van der Waals surface area contributed by atoms with Gasteiger partial charge in [-0.2, -0.15) is 0 Å². The molecule has 0 unspecified atom stereocenters. The molecule has 1 aromatic carbocycles. The van der Waals surface area contributed by atoms with Crippen LogP contribution in [0.3, 0.4) is 0 Å². The van der Waals surface area contributed by atoms with Gasteiger partial charge in [0.05, 0.1) is 11.3 Å². The smallest absolute Gasteiger partial charge is 0.337 e. The predicted octanol–water partition coefficient (Wildman–Crippen LogP) is 4.41. The normalized spacial score (nSPS) is 15.1. The lowest BCUT2D eigenvalue weighted by molar-refractivity contribution is 0.0695. The van der Waals surface area contributed by atoms with E-state index in [2.05, 4.69) is 15.3 Å². The molecule has 0 aliphatic carbocycles. The van der Waals surface area contributed by atoms with Gasteiger partial charge >= 0.3 is 5.97 Å². The van der Waals surface area contributed by atoms with Crippen LogP contribution in [-0.4, -0.2) is 34.1 Å². The minimum Gasteiger partial charge on any atom is -0.478 e. The first-order valence-corrected chi connectivity index (χ1v) is 9.57. The van der Waals surface area contributed by atoms with Crippen LogP contribution in [0.4, 0.5) is 0 Å². The fourth-order valence-corrected chi connectivity index (χ4v) is 3.69. The van der Waals surface area contributed by atoms with E-state index in [9.17, 15) is 9.90 Å². The third-order valence-electron chi connectivity index (χ3n) is 5.16. The number of carbonyl (C=O) groups is 1. The molecule has 0 bridgehead atoms. The Hall–Kier alpha value is -3.18. The molecular formula is C23H23N3O2. The summed E-state index contributed by atoms with van der Waals surface area (Å²) in [4.78, 5) is 19.6. The first kappa shape index (κ1) is 18.2. The first-order chi connectivity index (χ1) is 13.7. The third kappa shape index (κ3) is 4.05. The number of rotatable bonds is 5. The highest BCUT2D eigenvalue weighted by molar-refractivity contribution is 5.91. The number of carboxylic acids is 1. The number of hydrogen-bond donors (Lipinski definition) is 3. The zero-order valence-electron chi connectivity index (χ0n) is 15.6. The highest BCUT2D eigenvalue weighted by Gasteiger charge is 2.24. The summed E-state index contributed by atoms with van der Waals surface area (Å²) in [6.07, 6.45) is 7.63. The molecule has 3 aromatic rings. The molecule has 5 nitrogen and oxygen atoms in total. The second-order valence-electron chi connectivity index (χ2n) is 7.05. The highest BCUT2D eigenvalue weighted by Crippen LogP contribution is 2.31. The Balaban J connectivity index is 1.64. The molecule has 1 aliphatic rings. The molecule has 1 aliphatic heterocycles. The number of hydrogen-bond acceptors (Lipinski definition) is 3. The van der Waals surface area contributed by atoms with E-state index < -0.39 is 5.97 Å². The molecule has 28 heavy (non-hydrogen) atoms. The van der Waals surface area contributed by atoms with Gasteiger partial charge in [-0.3, -0.25) is 4.98 Å². The number of nitrogens with one attached hydrogen (secondary N) is 2. The zero-order chi connectivity index (χ0) is 19.3. The van der Waals surface area contributed by atoms with Crippen molar-refractivity contribution in [3.8, 4) is 11.3 Å². The summed E-state index contributed by atoms with van der Waals surface area (Å²) in [5.74, 6) is -0.630. The summed E-state index contributed by atoms with van der Waals surface area (Å²) in [6.45, 7) is 1.84. The van der Waals surface area contributed by atoms with Gasteiger partial charge in [0, 0.05) is 29.1 Å². The Kier molecular flexibility index (Phi) is 5.35. The van der Waals surface area contributed by atoms with Gasteiger partial charge < -0.3 is 15.4 Å². The second-order valence-corrected chi connectivity index (χ2v) is 7.05. The fraction of sp³-hybridized carbons (Fsp3) is 0.217. The van der Waals surface area contributed by atoms with Crippen molar-refractivity contribution in [1.29, 1.82) is 0 Å². The summed E-state index contributed by atoms with van der Waals surface area (Å²) in [5.41, 5.74) is 4.91. The molecule has 0 atom stereocenters. The fourth-order valence-electron chi connectivity index (χ4n) is 3.69. The number of carboxylic acid groups (broad SMARTS) is 1. The van der Waals surface area contributed by atoms with Crippen LogP contribution in [0.1, 0.15) is 46.1 Å². The van der Waals surface area contributed by atoms with E-state index >= 15 is 0 Å². The van der Waals surface area contributed by atoms with E-state index in [1.54, 1.807) is 12.3 Å². The number of aromatic nitrogens is 2. The lowest BCUT2D eigenvalue weighted by Gasteiger charge is -2.22. The van der Waals surface area contributed by atoms with E-state index in [0.717, 1.165) is 54.1 Å². The average Bonchev–Trinajstić information content (AvgIpc) is 3.20. The molecule has 142 valence electrons. The number of benzene rings is 1. The van der Waals surface area contributed by atoms with Crippen molar-refractivity contribution in [1.82, 2.24) is 15.3 Å². The summed E-state index contributed by atoms with van der Waals surface area (Å²) in [5, 5.41) is 13.0. The number of pyridine rings is 1. The molecule has 1 fully saturated rings. The van der Waals surface area contributed by atoms with Crippen molar-refractivity contribution in [3.63, 3.8) is 0 Å². The van der Waals surface area contributed by atoms with Crippen LogP contribution in [-0.2, 0) is 0 Å². The molecule has 0 saturated carbocycles. The van der Waals surface area contributed by atoms with Crippen molar-refractivity contribution < 1.29 is 9.90 Å². The van der Waals surface area contributed by atoms with E-state index in [-0.39, 0.29) is 5.92 Å². The van der Waals surface area contributed by atoms with Gasteiger partial charge in [-0.05, 0) is 55.8 Å². The van der Waals surface area contributed by atoms with Crippen LogP contribution in [0.15, 0.2) is 54.7 Å². The molecule has 5 heteroatoms. The quantitative estimate of drug-likeness (QED) is 0.619. The van der Waals surface area contributed by atoms with Crippen LogP contribution in [0, 0.1) is 0 Å². The predicted molar refractivity (Wildman–Crippen MR) is 111 cm³/mol. The molecule has 4 rings (SSSR count). The Labute approximate surface area is 164 Å². The van der Waals surface area contributed by atoms with Crippen molar-refractivity contribution in [3.05, 3.63) is 77.2 Å². The Morgan fingerprint density at radius 3 is 2.61 bits per heavy atom. The van der Waals surface area contributed by atoms with Crippen LogP contribution in [0.5, 0.6) is 0 Å². The summed E-state index contributed by atoms with van der Waals surface area (Å²) >= 11 is 0. The standard InChI is InChI=1S/C23H23N3O2/c27-23(28)20-15-21(26-22(20)17-8-11-24-12-9-17)18-10-13-25-19(14-18)7-6-16-4-2-1-3-5-16/h1-7,10,13-15,17,24,26H,8-9,11-12H2,(H,27,28). The van der Waals surface area contributed by atoms with Crippen molar-refractivity contribution in [2.45, 2.75) is 18.8 Å². The van der Waals surface area contributed by atoms with Crippen molar-refractivity contribution in [2.75, 3.05) is 13.1 Å². The van der Waals surface area contributed by atoms with Gasteiger partial charge in [0.1, 0.15) is 0 Å². The van der Waals surface area contributed by atoms with Crippen LogP contribution in [0.25, 0.3) is 23.4 Å². The Morgan fingerprint density at radius 1 is 1.07 bits per heavy atom. The van der Waals surface area contributed by atoms with E-state index in [1.807, 2.05) is 54.6 Å². The van der Waals surface area contributed by atoms with Gasteiger partial charge in [-0.25, -0.2) is 4.79 Å². The zero-order valence-corrected chi connectivity index (χ0v) is 15.6. The number of aromatic amines is 1. The van der Waals surface area contributed by atoms with Gasteiger partial charge in [-0.15, -0.1) is 0 Å². The Morgan fingerprint density at radius 2 is 1.86 bits per heavy atom. The second kappa shape index (κ2) is 8.23. The van der Waals surface area contributed by atoms with Gasteiger partial charge in [0.15, 0.2) is 0 Å². The number of piperidine rings is 1. The van der Waals surface area contributed by atoms with Gasteiger partial charge in [0.2, 0.25) is 0 Å². The lowest BCUT2D eigenvalue weighted by atomic mass is 9.92. The Bertz CT molecular complexity index is 986. The monoisotopic (exact) mass is 373 g/mol. The molecule has 0 radical (unpaired) electrons. The minimum atomic E-state index is -0.880. The molecular weight excluding hydrogens is 350 g/mol. The average molecular weight is 373 g/mol. The minimum absolute atomic E-state index is 0.250. The summed E-state index contributed by atoms with van der Waals surface area (Å²) in [7, 11) is 0. The van der Waals surface area contributed by atoms with E-state index in [4.69, 9.17) is 0 Å². The number of nitrogens with zero attached hydrogens (tertiary/aromatic N) is 1. The molecule has 2 aromatic heterocycles. The third-order valence-corrected chi connectivity index (χ3v) is 5.16. The number of aromatic carboxylic acids is 1. The molecule has 0 spiro atoms. The number of H-pyrrole nitrogens is 1. The van der Waals surface area contributed by atoms with Gasteiger partial charge in [-0.1, -0.05) is 36.4 Å². The van der Waals surface area contributed by atoms with Gasteiger partial charge in [0.25, 0.3) is 0 Å². The largest absolute Gasteiger partial charge is 0.478 e. The van der Waals surface area contributed by atoms with Crippen molar-refractivity contribution >= 4 is 18.1 Å². The van der Waals surface area contributed by atoms with E-state index in [0.29, 0.717) is 5.56 Å². The molecule has 3 heterocycles. The van der Waals surface area contributed by atoms with Crippen molar-refractivity contribution in [2.24, 2.45) is 0 Å². The van der Waals surface area contributed by atoms with Crippen LogP contribution < -0.4 is 5.32 Å². The van der Waals surface area contributed by atoms with E-state index in [1.165, 1.54) is 0 Å². The SMILES string of the molecule is O=C(O)c1cc(-c2ccnc(C=Cc3ccccc3)c2)[nH]c1C1CCNCC1. The molecule has 0 amide bonds. The van der Waals surface area contributed by atoms with Crippen LogP contribution >= 0.6 is 0 Å². The van der Waals surface area contributed by atoms with Crippen LogP contribution in [0.2, 0.25) is 0 Å².